The Labute approximate surface area is 124 Å². The highest BCUT2D eigenvalue weighted by Crippen LogP contribution is 2.19. The van der Waals surface area contributed by atoms with Crippen LogP contribution in [0.25, 0.3) is 0 Å². The number of aryl methyl sites for hydroxylation is 2. The van der Waals surface area contributed by atoms with Crippen LogP contribution < -0.4 is 5.32 Å². The number of nitrogens with zero attached hydrogens (tertiary/aromatic N) is 2. The van der Waals surface area contributed by atoms with Crippen molar-refractivity contribution in [1.82, 2.24) is 15.1 Å². The highest BCUT2D eigenvalue weighted by atomic mass is 15.3. The summed E-state index contributed by atoms with van der Waals surface area (Å²) in [4.78, 5) is 0. The van der Waals surface area contributed by atoms with Crippen LogP contribution in [0, 0.1) is 6.92 Å². The highest BCUT2D eigenvalue weighted by molar-refractivity contribution is 5.15. The maximum atomic E-state index is 4.63. The first-order chi connectivity index (χ1) is 9.79. The molecule has 0 aromatic carbocycles. The summed E-state index contributed by atoms with van der Waals surface area (Å²) in [6.45, 7) is 6.48. The number of unbranched alkanes of at least 4 members (excludes halogenated alkanes) is 6. The number of nitrogens with one attached hydrogen (secondary N) is 1. The van der Waals surface area contributed by atoms with E-state index in [1.807, 2.05) is 0 Å². The second-order valence-corrected chi connectivity index (χ2v) is 6.28. The zero-order valence-electron chi connectivity index (χ0n) is 13.3. The molecule has 0 saturated heterocycles. The average molecular weight is 277 g/mol. The lowest BCUT2D eigenvalue weighted by Crippen LogP contribution is -2.15. The smallest absolute Gasteiger partial charge is 0.0638 e. The zero-order valence-corrected chi connectivity index (χ0v) is 13.3. The van der Waals surface area contributed by atoms with E-state index in [1.54, 1.807) is 0 Å². The third kappa shape index (κ3) is 5.66. The molecule has 1 aliphatic rings. The Morgan fingerprint density at radius 1 is 1.15 bits per heavy atom. The van der Waals surface area contributed by atoms with Gasteiger partial charge in [0.1, 0.15) is 0 Å². The van der Waals surface area contributed by atoms with Crippen molar-refractivity contribution in [2.24, 2.45) is 0 Å². The molecule has 20 heavy (non-hydrogen) atoms. The van der Waals surface area contributed by atoms with Gasteiger partial charge in [-0.25, -0.2) is 0 Å². The van der Waals surface area contributed by atoms with E-state index < -0.39 is 0 Å². The monoisotopic (exact) mass is 277 g/mol. The van der Waals surface area contributed by atoms with Crippen LogP contribution in [0.3, 0.4) is 0 Å². The summed E-state index contributed by atoms with van der Waals surface area (Å²) in [7, 11) is 0. The number of hydrogen-bond acceptors (Lipinski definition) is 2. The standard InChI is InChI=1S/C17H31N3/c1-3-4-5-6-7-8-9-12-20-14-16(15(2)19-20)13-18-17-10-11-17/h14,17-18H,3-13H2,1-2H3. The lowest BCUT2D eigenvalue weighted by atomic mass is 10.1. The second kappa shape index (κ2) is 8.46. The normalized spacial score (nSPS) is 14.9. The van der Waals surface area contributed by atoms with Crippen LogP contribution in [0.1, 0.15) is 76.0 Å². The molecule has 1 saturated carbocycles. The second-order valence-electron chi connectivity index (χ2n) is 6.28. The fourth-order valence-corrected chi connectivity index (χ4v) is 2.62. The van der Waals surface area contributed by atoms with Crippen molar-refractivity contribution in [3.8, 4) is 0 Å². The Morgan fingerprint density at radius 2 is 1.85 bits per heavy atom. The van der Waals surface area contributed by atoms with Crippen LogP contribution in [-0.4, -0.2) is 15.8 Å². The minimum absolute atomic E-state index is 0.779. The first-order valence-corrected chi connectivity index (χ1v) is 8.56. The molecule has 3 heteroatoms. The molecular weight excluding hydrogens is 246 g/mol. The Balaban J connectivity index is 1.59. The van der Waals surface area contributed by atoms with Gasteiger partial charge in [0.2, 0.25) is 0 Å². The molecule has 0 radical (unpaired) electrons. The van der Waals surface area contributed by atoms with Crippen molar-refractivity contribution < 1.29 is 0 Å². The Bertz CT molecular complexity index is 380. The quantitative estimate of drug-likeness (QED) is 0.615. The van der Waals surface area contributed by atoms with E-state index in [0.29, 0.717) is 0 Å². The molecule has 0 bridgehead atoms. The molecule has 1 aromatic rings. The molecule has 0 aliphatic heterocycles. The third-order valence-electron chi connectivity index (χ3n) is 4.20. The first-order valence-electron chi connectivity index (χ1n) is 8.56. The van der Waals surface area contributed by atoms with E-state index in [2.05, 4.69) is 35.1 Å². The van der Waals surface area contributed by atoms with Gasteiger partial charge in [-0.2, -0.15) is 5.10 Å². The summed E-state index contributed by atoms with van der Waals surface area (Å²) >= 11 is 0. The van der Waals surface area contributed by atoms with E-state index in [4.69, 9.17) is 0 Å². The van der Waals surface area contributed by atoms with Gasteiger partial charge in [-0.15, -0.1) is 0 Å². The number of aromatic nitrogens is 2. The summed E-state index contributed by atoms with van der Waals surface area (Å²) in [6, 6.07) is 0.779. The molecule has 1 N–H and O–H groups in total. The molecule has 2 rings (SSSR count). The summed E-state index contributed by atoms with van der Waals surface area (Å²) in [6.07, 6.45) is 14.5. The van der Waals surface area contributed by atoms with Crippen LogP contribution in [0.5, 0.6) is 0 Å². The highest BCUT2D eigenvalue weighted by Gasteiger charge is 2.20. The molecule has 3 nitrogen and oxygen atoms in total. The van der Waals surface area contributed by atoms with E-state index in [-0.39, 0.29) is 0 Å². The first kappa shape index (κ1) is 15.6. The van der Waals surface area contributed by atoms with Gasteiger partial charge in [0, 0.05) is 30.9 Å². The number of hydrogen-bond donors (Lipinski definition) is 1. The van der Waals surface area contributed by atoms with Crippen LogP contribution in [0.4, 0.5) is 0 Å². The fraction of sp³-hybridized carbons (Fsp3) is 0.824. The van der Waals surface area contributed by atoms with Gasteiger partial charge in [-0.05, 0) is 26.2 Å². The van der Waals surface area contributed by atoms with Crippen LogP contribution in [-0.2, 0) is 13.1 Å². The predicted octanol–water partition coefficient (Wildman–Crippen LogP) is 4.19. The van der Waals surface area contributed by atoms with Gasteiger partial charge < -0.3 is 5.32 Å². The predicted molar refractivity (Wildman–Crippen MR) is 84.8 cm³/mol. The minimum atomic E-state index is 0.779. The van der Waals surface area contributed by atoms with Gasteiger partial charge in [0.05, 0.1) is 5.69 Å². The van der Waals surface area contributed by atoms with Gasteiger partial charge in [0.15, 0.2) is 0 Å². The largest absolute Gasteiger partial charge is 0.310 e. The molecule has 1 aliphatic carbocycles. The minimum Gasteiger partial charge on any atom is -0.310 e. The average Bonchev–Trinajstić information content (AvgIpc) is 3.20. The van der Waals surface area contributed by atoms with Crippen LogP contribution in [0.15, 0.2) is 6.20 Å². The SMILES string of the molecule is CCCCCCCCCn1cc(CNC2CC2)c(C)n1. The van der Waals surface area contributed by atoms with Gasteiger partial charge in [0.25, 0.3) is 0 Å². The molecular formula is C17H31N3. The Hall–Kier alpha value is -0.830. The van der Waals surface area contributed by atoms with Gasteiger partial charge in [-0.3, -0.25) is 4.68 Å². The topological polar surface area (TPSA) is 29.9 Å². The Kier molecular flexibility index (Phi) is 6.58. The maximum absolute atomic E-state index is 4.63. The van der Waals surface area contributed by atoms with Crippen molar-refractivity contribution in [1.29, 1.82) is 0 Å². The summed E-state index contributed by atoms with van der Waals surface area (Å²) in [5.74, 6) is 0. The molecule has 0 amide bonds. The van der Waals surface area contributed by atoms with E-state index >= 15 is 0 Å². The van der Waals surface area contributed by atoms with Crippen molar-refractivity contribution in [2.45, 2.75) is 90.8 Å². The lowest BCUT2D eigenvalue weighted by molar-refractivity contribution is 0.521. The fourth-order valence-electron chi connectivity index (χ4n) is 2.62. The summed E-state index contributed by atoms with van der Waals surface area (Å²) < 4.78 is 2.14. The van der Waals surface area contributed by atoms with E-state index in [0.717, 1.165) is 19.1 Å². The van der Waals surface area contributed by atoms with Crippen LogP contribution in [0.2, 0.25) is 0 Å². The summed E-state index contributed by atoms with van der Waals surface area (Å²) in [5, 5.41) is 8.20. The summed E-state index contributed by atoms with van der Waals surface area (Å²) in [5.41, 5.74) is 2.57. The van der Waals surface area contributed by atoms with Gasteiger partial charge in [-0.1, -0.05) is 45.4 Å². The molecule has 1 fully saturated rings. The molecule has 0 atom stereocenters. The van der Waals surface area contributed by atoms with E-state index in [9.17, 15) is 0 Å². The number of rotatable bonds is 11. The zero-order chi connectivity index (χ0) is 14.2. The van der Waals surface area contributed by atoms with Crippen molar-refractivity contribution in [3.63, 3.8) is 0 Å². The van der Waals surface area contributed by atoms with Gasteiger partial charge >= 0.3 is 0 Å². The third-order valence-corrected chi connectivity index (χ3v) is 4.20. The Morgan fingerprint density at radius 3 is 2.55 bits per heavy atom. The molecule has 114 valence electrons. The molecule has 1 heterocycles. The molecule has 0 unspecified atom stereocenters. The van der Waals surface area contributed by atoms with Crippen molar-refractivity contribution >= 4 is 0 Å². The molecule has 1 aromatic heterocycles. The van der Waals surface area contributed by atoms with Crippen molar-refractivity contribution in [2.75, 3.05) is 0 Å². The lowest BCUT2D eigenvalue weighted by Gasteiger charge is -2.02. The van der Waals surface area contributed by atoms with Crippen LogP contribution >= 0.6 is 0 Å². The molecule has 0 spiro atoms. The van der Waals surface area contributed by atoms with Crippen molar-refractivity contribution in [3.05, 3.63) is 17.5 Å². The maximum Gasteiger partial charge on any atom is 0.0638 e. The van der Waals surface area contributed by atoms with E-state index in [1.165, 1.54) is 69.0 Å².